The summed E-state index contributed by atoms with van der Waals surface area (Å²) < 4.78 is 0. The first-order valence-electron chi connectivity index (χ1n) is 9.11. The molecule has 0 bridgehead atoms. The highest BCUT2D eigenvalue weighted by Gasteiger charge is 2.09. The van der Waals surface area contributed by atoms with E-state index in [0.717, 1.165) is 21.7 Å². The molecular formula is C23H19N3O2. The van der Waals surface area contributed by atoms with Gasteiger partial charge in [0, 0.05) is 30.1 Å². The van der Waals surface area contributed by atoms with E-state index in [2.05, 4.69) is 15.6 Å². The summed E-state index contributed by atoms with van der Waals surface area (Å²) in [5.41, 5.74) is 2.00. The Labute approximate surface area is 162 Å². The first kappa shape index (κ1) is 17.7. The molecular weight excluding hydrogens is 350 g/mol. The second kappa shape index (κ2) is 7.88. The van der Waals surface area contributed by atoms with Gasteiger partial charge in [-0.15, -0.1) is 0 Å². The number of carbonyl (C=O) groups excluding carboxylic acids is 2. The predicted octanol–water partition coefficient (Wildman–Crippen LogP) is 4.15. The third-order valence-electron chi connectivity index (χ3n) is 4.56. The average molecular weight is 369 g/mol. The first-order valence-corrected chi connectivity index (χ1v) is 9.11. The second-order valence-corrected chi connectivity index (χ2v) is 6.50. The van der Waals surface area contributed by atoms with E-state index in [0.29, 0.717) is 11.3 Å². The van der Waals surface area contributed by atoms with Crippen LogP contribution in [-0.4, -0.2) is 23.3 Å². The van der Waals surface area contributed by atoms with Crippen molar-refractivity contribution in [3.8, 4) is 0 Å². The van der Waals surface area contributed by atoms with Crippen molar-refractivity contribution in [2.24, 2.45) is 0 Å². The number of pyridine rings is 1. The maximum Gasteiger partial charge on any atom is 0.251 e. The van der Waals surface area contributed by atoms with E-state index in [1.165, 1.54) is 0 Å². The van der Waals surface area contributed by atoms with Crippen molar-refractivity contribution < 1.29 is 9.59 Å². The minimum Gasteiger partial charge on any atom is -0.352 e. The second-order valence-electron chi connectivity index (χ2n) is 6.50. The molecule has 0 spiro atoms. The summed E-state index contributed by atoms with van der Waals surface area (Å²) in [5, 5.41) is 8.73. The molecule has 0 aliphatic heterocycles. The molecule has 0 aliphatic carbocycles. The molecule has 0 saturated carbocycles. The molecule has 3 aromatic carbocycles. The van der Waals surface area contributed by atoms with Crippen LogP contribution < -0.4 is 10.6 Å². The largest absolute Gasteiger partial charge is 0.352 e. The number of amides is 2. The van der Waals surface area contributed by atoms with Crippen molar-refractivity contribution in [3.05, 3.63) is 84.6 Å². The number of hydrogen-bond donors (Lipinski definition) is 2. The Balaban J connectivity index is 1.35. The molecule has 0 aliphatic rings. The van der Waals surface area contributed by atoms with Gasteiger partial charge in [0.25, 0.3) is 5.91 Å². The van der Waals surface area contributed by atoms with Gasteiger partial charge in [0.2, 0.25) is 5.91 Å². The summed E-state index contributed by atoms with van der Waals surface area (Å²) in [6.07, 6.45) is 1.88. The number of fused-ring (bicyclic) bond motifs is 2. The molecule has 1 heterocycles. The maximum absolute atomic E-state index is 12.4. The fraction of sp³-hybridized carbons (Fsp3) is 0.0870. The fourth-order valence-corrected chi connectivity index (χ4v) is 3.14. The lowest BCUT2D eigenvalue weighted by Crippen LogP contribution is -2.27. The maximum atomic E-state index is 12.4. The molecule has 2 N–H and O–H groups in total. The van der Waals surface area contributed by atoms with Gasteiger partial charge >= 0.3 is 0 Å². The molecule has 28 heavy (non-hydrogen) atoms. The molecule has 5 nitrogen and oxygen atoms in total. The topological polar surface area (TPSA) is 71.1 Å². The van der Waals surface area contributed by atoms with Gasteiger partial charge in [-0.2, -0.15) is 0 Å². The summed E-state index contributed by atoms with van der Waals surface area (Å²) in [7, 11) is 0. The number of anilines is 1. The van der Waals surface area contributed by atoms with Crippen LogP contribution >= 0.6 is 0 Å². The summed E-state index contributed by atoms with van der Waals surface area (Å²) in [6.45, 7) is 0.260. The molecule has 1 aromatic heterocycles. The molecule has 4 rings (SSSR count). The van der Waals surface area contributed by atoms with E-state index in [4.69, 9.17) is 0 Å². The minimum atomic E-state index is -0.189. The van der Waals surface area contributed by atoms with E-state index in [9.17, 15) is 9.59 Å². The van der Waals surface area contributed by atoms with Crippen LogP contribution in [0.3, 0.4) is 0 Å². The van der Waals surface area contributed by atoms with Crippen molar-refractivity contribution in [2.45, 2.75) is 6.42 Å². The molecule has 0 atom stereocenters. The number of nitrogens with one attached hydrogen (secondary N) is 2. The Morgan fingerprint density at radius 3 is 2.50 bits per heavy atom. The van der Waals surface area contributed by atoms with Crippen molar-refractivity contribution in [1.29, 1.82) is 0 Å². The third kappa shape index (κ3) is 3.83. The Morgan fingerprint density at radius 1 is 0.821 bits per heavy atom. The van der Waals surface area contributed by atoms with Gasteiger partial charge in [0.1, 0.15) is 0 Å². The van der Waals surface area contributed by atoms with E-state index in [1.807, 2.05) is 66.7 Å². The summed E-state index contributed by atoms with van der Waals surface area (Å²) >= 11 is 0. The van der Waals surface area contributed by atoms with Crippen LogP contribution in [0, 0.1) is 0 Å². The van der Waals surface area contributed by atoms with Crippen molar-refractivity contribution >= 4 is 39.2 Å². The Bertz CT molecular complexity index is 1170. The van der Waals surface area contributed by atoms with Gasteiger partial charge in [0.05, 0.1) is 11.2 Å². The summed E-state index contributed by atoms with van der Waals surface area (Å²) in [6, 6.07) is 22.9. The van der Waals surface area contributed by atoms with Gasteiger partial charge in [-0.05, 0) is 35.0 Å². The fourth-order valence-electron chi connectivity index (χ4n) is 3.14. The predicted molar refractivity (Wildman–Crippen MR) is 111 cm³/mol. The minimum absolute atomic E-state index is 0.169. The van der Waals surface area contributed by atoms with Crippen LogP contribution in [0.25, 0.3) is 21.7 Å². The number of para-hydroxylation sites is 1. The average Bonchev–Trinajstić information content (AvgIpc) is 2.73. The highest BCUT2D eigenvalue weighted by molar-refractivity contribution is 6.01. The number of carbonyl (C=O) groups is 2. The van der Waals surface area contributed by atoms with Gasteiger partial charge in [0.15, 0.2) is 0 Å². The lowest BCUT2D eigenvalue weighted by Gasteiger charge is -2.09. The lowest BCUT2D eigenvalue weighted by atomic mass is 10.1. The number of benzene rings is 3. The van der Waals surface area contributed by atoms with E-state index in [-0.39, 0.29) is 24.8 Å². The summed E-state index contributed by atoms with van der Waals surface area (Å²) in [5.74, 6) is -0.359. The summed E-state index contributed by atoms with van der Waals surface area (Å²) in [4.78, 5) is 28.9. The van der Waals surface area contributed by atoms with Gasteiger partial charge in [-0.3, -0.25) is 14.6 Å². The molecule has 5 heteroatoms. The van der Waals surface area contributed by atoms with Crippen molar-refractivity contribution in [1.82, 2.24) is 10.3 Å². The monoisotopic (exact) mass is 369 g/mol. The zero-order valence-electron chi connectivity index (χ0n) is 15.2. The van der Waals surface area contributed by atoms with Gasteiger partial charge in [-0.1, -0.05) is 48.5 Å². The molecule has 0 saturated heterocycles. The number of aromatic nitrogens is 1. The van der Waals surface area contributed by atoms with Crippen LogP contribution in [0.2, 0.25) is 0 Å². The third-order valence-corrected chi connectivity index (χ3v) is 4.56. The molecule has 0 fully saturated rings. The normalized spacial score (nSPS) is 10.7. The molecule has 138 valence electrons. The van der Waals surface area contributed by atoms with E-state index >= 15 is 0 Å². The molecule has 4 aromatic rings. The molecule has 0 unspecified atom stereocenters. The standard InChI is InChI=1S/C23H19N3O2/c27-21(26-20-9-3-7-17-8-4-13-24-22(17)20)12-14-25-23(28)19-11-10-16-5-1-2-6-18(16)15-19/h1-11,13,15H,12,14H2,(H,25,28)(H,26,27). The highest BCUT2D eigenvalue weighted by Crippen LogP contribution is 2.20. The number of hydrogen-bond acceptors (Lipinski definition) is 3. The highest BCUT2D eigenvalue weighted by atomic mass is 16.2. The Hall–Kier alpha value is -3.73. The zero-order valence-corrected chi connectivity index (χ0v) is 15.2. The Morgan fingerprint density at radius 2 is 1.61 bits per heavy atom. The SMILES string of the molecule is O=C(CCNC(=O)c1ccc2ccccc2c1)Nc1cccc2cccnc12. The van der Waals surface area contributed by atoms with Crippen molar-refractivity contribution in [2.75, 3.05) is 11.9 Å². The van der Waals surface area contributed by atoms with Crippen LogP contribution in [0.5, 0.6) is 0 Å². The smallest absolute Gasteiger partial charge is 0.251 e. The number of rotatable bonds is 5. The number of nitrogens with zero attached hydrogens (tertiary/aromatic N) is 1. The van der Waals surface area contributed by atoms with E-state index in [1.54, 1.807) is 12.3 Å². The van der Waals surface area contributed by atoms with Gasteiger partial charge < -0.3 is 10.6 Å². The van der Waals surface area contributed by atoms with Crippen LogP contribution in [0.15, 0.2) is 79.0 Å². The van der Waals surface area contributed by atoms with Gasteiger partial charge in [-0.25, -0.2) is 0 Å². The Kier molecular flexibility index (Phi) is 4.97. The zero-order chi connectivity index (χ0) is 19.3. The van der Waals surface area contributed by atoms with Crippen molar-refractivity contribution in [3.63, 3.8) is 0 Å². The molecule has 0 radical (unpaired) electrons. The van der Waals surface area contributed by atoms with Crippen LogP contribution in [-0.2, 0) is 4.79 Å². The van der Waals surface area contributed by atoms with Crippen LogP contribution in [0.4, 0.5) is 5.69 Å². The quantitative estimate of drug-likeness (QED) is 0.555. The van der Waals surface area contributed by atoms with E-state index < -0.39 is 0 Å². The first-order chi connectivity index (χ1) is 13.7. The lowest BCUT2D eigenvalue weighted by molar-refractivity contribution is -0.116. The molecule has 2 amide bonds. The van der Waals surface area contributed by atoms with Crippen LogP contribution in [0.1, 0.15) is 16.8 Å².